The smallest absolute Gasteiger partial charge is 0.366 e. The fraction of sp³-hybridized carbons (Fsp3) is 0.267. The Morgan fingerprint density at radius 1 is 1.30 bits per heavy atom. The zero-order valence-corrected chi connectivity index (χ0v) is 11.8. The number of hydrogen-bond acceptors (Lipinski definition) is 4. The third-order valence-electron chi connectivity index (χ3n) is 3.90. The van der Waals surface area contributed by atoms with Crippen LogP contribution in [0.3, 0.4) is 0 Å². The summed E-state index contributed by atoms with van der Waals surface area (Å²) in [5.41, 5.74) is 6.61. The minimum Gasteiger partial charge on any atom is -0.366 e. The van der Waals surface area contributed by atoms with Gasteiger partial charge in [-0.3, -0.25) is 4.79 Å². The van der Waals surface area contributed by atoms with Crippen molar-refractivity contribution in [3.63, 3.8) is 0 Å². The second-order valence-electron chi connectivity index (χ2n) is 5.33. The zero-order chi connectivity index (χ0) is 16.6. The van der Waals surface area contributed by atoms with Gasteiger partial charge in [0.1, 0.15) is 12.2 Å². The van der Waals surface area contributed by atoms with E-state index in [1.165, 1.54) is 36.9 Å². The molecule has 120 valence electrons. The molecule has 5 nitrogen and oxygen atoms in total. The Balaban J connectivity index is 2.03. The van der Waals surface area contributed by atoms with Gasteiger partial charge in [-0.15, -0.1) is 0 Å². The summed E-state index contributed by atoms with van der Waals surface area (Å²) >= 11 is 0. The number of nitrogens with two attached hydrogens (primary N) is 1. The highest BCUT2D eigenvalue weighted by molar-refractivity contribution is 5.93. The second-order valence-corrected chi connectivity index (χ2v) is 5.33. The van der Waals surface area contributed by atoms with Crippen molar-refractivity contribution in [2.24, 2.45) is 5.73 Å². The molecular formula is C15H13F3N4O. The average Bonchev–Trinajstić information content (AvgIpc) is 2.90. The number of carbonyl (C=O) groups excluding carboxylic acids is 1. The number of aromatic nitrogens is 2. The number of rotatable bonds is 3. The van der Waals surface area contributed by atoms with Crippen molar-refractivity contribution < 1.29 is 18.0 Å². The van der Waals surface area contributed by atoms with Crippen LogP contribution < -0.4 is 11.1 Å². The van der Waals surface area contributed by atoms with Crippen LogP contribution in [0.15, 0.2) is 36.9 Å². The van der Waals surface area contributed by atoms with E-state index in [1.807, 2.05) is 0 Å². The average molecular weight is 322 g/mol. The molecule has 2 aromatic rings. The van der Waals surface area contributed by atoms with Crippen molar-refractivity contribution >= 4 is 5.91 Å². The van der Waals surface area contributed by atoms with Crippen molar-refractivity contribution in [1.29, 1.82) is 0 Å². The van der Waals surface area contributed by atoms with E-state index < -0.39 is 24.0 Å². The first-order chi connectivity index (χ1) is 10.9. The molecule has 23 heavy (non-hydrogen) atoms. The summed E-state index contributed by atoms with van der Waals surface area (Å²) in [6.45, 7) is 0.237. The number of benzene rings is 1. The molecule has 1 aliphatic rings. The minimum absolute atomic E-state index is 0.00988. The third-order valence-corrected chi connectivity index (χ3v) is 3.90. The van der Waals surface area contributed by atoms with Gasteiger partial charge in [0.25, 0.3) is 0 Å². The first kappa shape index (κ1) is 15.4. The van der Waals surface area contributed by atoms with E-state index in [0.29, 0.717) is 11.1 Å². The predicted molar refractivity (Wildman–Crippen MR) is 75.4 cm³/mol. The standard InChI is InChI=1S/C15H13F3N4O/c16-15(17,18)12(10-4-20-7-21-5-10)13-11-2-1-8(14(19)23)3-9(11)6-22-13/h1-5,7,12-13,22H,6H2,(H2,19,23)/t12-,13?/m1/s1. The van der Waals surface area contributed by atoms with E-state index in [1.54, 1.807) is 0 Å². The summed E-state index contributed by atoms with van der Waals surface area (Å²) in [5, 5.41) is 2.87. The molecule has 0 radical (unpaired) electrons. The summed E-state index contributed by atoms with van der Waals surface area (Å²) in [5.74, 6) is -2.38. The molecule has 0 bridgehead atoms. The van der Waals surface area contributed by atoms with Gasteiger partial charge in [-0.25, -0.2) is 9.97 Å². The molecule has 1 aromatic heterocycles. The lowest BCUT2D eigenvalue weighted by Crippen LogP contribution is -2.32. The van der Waals surface area contributed by atoms with Gasteiger partial charge >= 0.3 is 6.18 Å². The number of nitrogens with one attached hydrogen (secondary N) is 1. The van der Waals surface area contributed by atoms with Gasteiger partial charge in [0.15, 0.2) is 0 Å². The highest BCUT2D eigenvalue weighted by Crippen LogP contribution is 2.46. The Bertz CT molecular complexity index is 733. The monoisotopic (exact) mass is 322 g/mol. The van der Waals surface area contributed by atoms with Crippen LogP contribution in [0, 0.1) is 0 Å². The Morgan fingerprint density at radius 2 is 2.00 bits per heavy atom. The maximum Gasteiger partial charge on any atom is 0.397 e. The topological polar surface area (TPSA) is 80.9 Å². The van der Waals surface area contributed by atoms with Crippen molar-refractivity contribution in [3.8, 4) is 0 Å². The van der Waals surface area contributed by atoms with Crippen LogP contribution in [0.1, 0.15) is 39.0 Å². The first-order valence-corrected chi connectivity index (χ1v) is 6.85. The van der Waals surface area contributed by atoms with E-state index >= 15 is 0 Å². The van der Waals surface area contributed by atoms with Crippen LogP contribution >= 0.6 is 0 Å². The SMILES string of the molecule is NC(=O)c1ccc2c(c1)CNC2[C@@H](c1cncnc1)C(F)(F)F. The van der Waals surface area contributed by atoms with Gasteiger partial charge in [0, 0.05) is 36.1 Å². The minimum atomic E-state index is -4.47. The van der Waals surface area contributed by atoms with Crippen LogP contribution in [0.4, 0.5) is 13.2 Å². The number of nitrogens with zero attached hydrogens (tertiary/aromatic N) is 2. The van der Waals surface area contributed by atoms with Crippen LogP contribution in [0.25, 0.3) is 0 Å². The van der Waals surface area contributed by atoms with E-state index in [9.17, 15) is 18.0 Å². The van der Waals surface area contributed by atoms with Crippen molar-refractivity contribution in [2.45, 2.75) is 24.7 Å². The summed E-state index contributed by atoms with van der Waals surface area (Å²) < 4.78 is 40.8. The van der Waals surface area contributed by atoms with Gasteiger partial charge in [-0.05, 0) is 23.3 Å². The van der Waals surface area contributed by atoms with Crippen LogP contribution in [-0.4, -0.2) is 22.1 Å². The summed E-state index contributed by atoms with van der Waals surface area (Å²) in [4.78, 5) is 18.6. The van der Waals surface area contributed by atoms with Crippen LogP contribution in [-0.2, 0) is 6.54 Å². The van der Waals surface area contributed by atoms with E-state index in [0.717, 1.165) is 0 Å². The van der Waals surface area contributed by atoms with Gasteiger partial charge in [0.05, 0.1) is 0 Å². The molecule has 8 heteroatoms. The highest BCUT2D eigenvalue weighted by atomic mass is 19.4. The molecule has 3 rings (SSSR count). The normalized spacial score (nSPS) is 18.5. The number of halogens is 3. The number of fused-ring (bicyclic) bond motifs is 1. The van der Waals surface area contributed by atoms with Crippen molar-refractivity contribution in [2.75, 3.05) is 0 Å². The first-order valence-electron chi connectivity index (χ1n) is 6.85. The number of hydrogen-bond donors (Lipinski definition) is 2. The lowest BCUT2D eigenvalue weighted by molar-refractivity contribution is -0.157. The molecule has 3 N–H and O–H groups in total. The molecule has 0 saturated carbocycles. The highest BCUT2D eigenvalue weighted by Gasteiger charge is 2.48. The lowest BCUT2D eigenvalue weighted by Gasteiger charge is -2.27. The van der Waals surface area contributed by atoms with Crippen LogP contribution in [0.5, 0.6) is 0 Å². The second kappa shape index (κ2) is 5.62. The molecular weight excluding hydrogens is 309 g/mol. The molecule has 2 heterocycles. The largest absolute Gasteiger partial charge is 0.397 e. The molecule has 1 aliphatic heterocycles. The van der Waals surface area contributed by atoms with Crippen molar-refractivity contribution in [1.82, 2.24) is 15.3 Å². The van der Waals surface area contributed by atoms with Gasteiger partial charge in [0.2, 0.25) is 5.91 Å². The van der Waals surface area contributed by atoms with Gasteiger partial charge < -0.3 is 11.1 Å². The number of carbonyl (C=O) groups is 1. The molecule has 0 spiro atoms. The Hall–Kier alpha value is -2.48. The van der Waals surface area contributed by atoms with E-state index in [-0.39, 0.29) is 17.7 Å². The Labute approximate surface area is 129 Å². The maximum absolute atomic E-state index is 13.6. The fourth-order valence-electron chi connectivity index (χ4n) is 2.88. The summed E-state index contributed by atoms with van der Waals surface area (Å²) in [6, 6.07) is 3.52. The molecule has 0 fully saturated rings. The number of alkyl halides is 3. The summed E-state index contributed by atoms with van der Waals surface area (Å²) in [6.07, 6.45) is -0.941. The van der Waals surface area contributed by atoms with E-state index in [2.05, 4.69) is 15.3 Å². The van der Waals surface area contributed by atoms with Crippen molar-refractivity contribution in [3.05, 3.63) is 59.2 Å². The number of amides is 1. The predicted octanol–water partition coefficient (Wildman–Crippen LogP) is 2.07. The van der Waals surface area contributed by atoms with Gasteiger partial charge in [-0.1, -0.05) is 6.07 Å². The molecule has 1 aromatic carbocycles. The Morgan fingerprint density at radius 3 is 2.61 bits per heavy atom. The van der Waals surface area contributed by atoms with Crippen LogP contribution in [0.2, 0.25) is 0 Å². The lowest BCUT2D eigenvalue weighted by atomic mass is 9.88. The fourth-order valence-corrected chi connectivity index (χ4v) is 2.88. The quantitative estimate of drug-likeness (QED) is 0.906. The Kier molecular flexibility index (Phi) is 3.77. The molecule has 1 amide bonds. The third kappa shape index (κ3) is 2.89. The summed E-state index contributed by atoms with van der Waals surface area (Å²) in [7, 11) is 0. The molecule has 2 atom stereocenters. The van der Waals surface area contributed by atoms with E-state index in [4.69, 9.17) is 5.73 Å². The maximum atomic E-state index is 13.6. The number of primary amides is 1. The molecule has 0 aliphatic carbocycles. The molecule has 0 saturated heterocycles. The van der Waals surface area contributed by atoms with Gasteiger partial charge in [-0.2, -0.15) is 13.2 Å². The zero-order valence-electron chi connectivity index (χ0n) is 11.8. The molecule has 1 unspecified atom stereocenters.